The maximum atomic E-state index is 10.9. The lowest BCUT2D eigenvalue weighted by molar-refractivity contribution is 0.0697. The van der Waals surface area contributed by atoms with Crippen molar-refractivity contribution in [3.63, 3.8) is 0 Å². The van der Waals surface area contributed by atoms with E-state index >= 15 is 0 Å². The second kappa shape index (κ2) is 5.33. The number of carbonyl (C=O) groups is 1. The molecular formula is C10H10ClN3O2. The maximum absolute atomic E-state index is 10.9. The first-order valence-corrected chi connectivity index (χ1v) is 4.92. The number of nitriles is 1. The monoisotopic (exact) mass is 239 g/mol. The smallest absolute Gasteiger partial charge is 0.339 e. The van der Waals surface area contributed by atoms with E-state index in [0.29, 0.717) is 13.0 Å². The molecule has 84 valence electrons. The van der Waals surface area contributed by atoms with Crippen LogP contribution in [0.15, 0.2) is 12.1 Å². The number of pyridine rings is 1. The zero-order chi connectivity index (χ0) is 12.1. The Balaban J connectivity index is 3.05. The van der Waals surface area contributed by atoms with E-state index in [9.17, 15) is 4.79 Å². The van der Waals surface area contributed by atoms with Gasteiger partial charge in [-0.1, -0.05) is 11.6 Å². The van der Waals surface area contributed by atoms with E-state index in [1.165, 1.54) is 12.1 Å². The largest absolute Gasteiger partial charge is 0.478 e. The third-order valence-corrected chi connectivity index (χ3v) is 2.20. The molecule has 0 bridgehead atoms. The number of halogens is 1. The number of carboxylic acid groups (broad SMARTS) is 1. The van der Waals surface area contributed by atoms with E-state index in [0.717, 1.165) is 0 Å². The van der Waals surface area contributed by atoms with Gasteiger partial charge >= 0.3 is 5.97 Å². The predicted octanol–water partition coefficient (Wildman–Crippen LogP) is 1.78. The van der Waals surface area contributed by atoms with Crippen LogP contribution in [0.4, 0.5) is 5.82 Å². The molecule has 1 heterocycles. The average Bonchev–Trinajstić information content (AvgIpc) is 2.25. The Labute approximate surface area is 97.9 Å². The Morgan fingerprint density at radius 1 is 1.69 bits per heavy atom. The highest BCUT2D eigenvalue weighted by Crippen LogP contribution is 2.19. The van der Waals surface area contributed by atoms with Crippen molar-refractivity contribution in [2.75, 3.05) is 18.5 Å². The van der Waals surface area contributed by atoms with Gasteiger partial charge in [-0.3, -0.25) is 0 Å². The van der Waals surface area contributed by atoms with Crippen LogP contribution in [-0.2, 0) is 0 Å². The van der Waals surface area contributed by atoms with Crippen LogP contribution in [0.5, 0.6) is 0 Å². The van der Waals surface area contributed by atoms with E-state index in [-0.39, 0.29) is 16.5 Å². The summed E-state index contributed by atoms with van der Waals surface area (Å²) in [7, 11) is 1.67. The van der Waals surface area contributed by atoms with Gasteiger partial charge in [0.2, 0.25) is 0 Å². The summed E-state index contributed by atoms with van der Waals surface area (Å²) in [5.41, 5.74) is 0.0739. The fourth-order valence-electron chi connectivity index (χ4n) is 1.21. The quantitative estimate of drug-likeness (QED) is 0.811. The molecule has 0 atom stereocenters. The minimum Gasteiger partial charge on any atom is -0.478 e. The van der Waals surface area contributed by atoms with Crippen molar-refractivity contribution in [2.24, 2.45) is 0 Å². The summed E-state index contributed by atoms with van der Waals surface area (Å²) >= 11 is 5.70. The van der Waals surface area contributed by atoms with Crippen molar-refractivity contribution in [1.29, 1.82) is 5.26 Å². The van der Waals surface area contributed by atoms with Gasteiger partial charge < -0.3 is 10.0 Å². The molecule has 0 aliphatic heterocycles. The van der Waals surface area contributed by atoms with Crippen LogP contribution in [0.1, 0.15) is 16.8 Å². The molecular weight excluding hydrogens is 230 g/mol. The van der Waals surface area contributed by atoms with Gasteiger partial charge in [0.1, 0.15) is 16.5 Å². The predicted molar refractivity (Wildman–Crippen MR) is 59.7 cm³/mol. The maximum Gasteiger partial charge on any atom is 0.339 e. The molecule has 0 radical (unpaired) electrons. The summed E-state index contributed by atoms with van der Waals surface area (Å²) < 4.78 is 0. The summed E-state index contributed by atoms with van der Waals surface area (Å²) in [5, 5.41) is 17.6. The lowest BCUT2D eigenvalue weighted by atomic mass is 10.2. The van der Waals surface area contributed by atoms with Gasteiger partial charge in [0, 0.05) is 13.6 Å². The number of anilines is 1. The number of hydrogen-bond acceptors (Lipinski definition) is 4. The molecule has 0 spiro atoms. The molecule has 5 nitrogen and oxygen atoms in total. The number of aromatic nitrogens is 1. The van der Waals surface area contributed by atoms with Crippen LogP contribution in [0.3, 0.4) is 0 Å². The van der Waals surface area contributed by atoms with Gasteiger partial charge in [-0.25, -0.2) is 9.78 Å². The van der Waals surface area contributed by atoms with Crippen LogP contribution in [-0.4, -0.2) is 29.7 Å². The van der Waals surface area contributed by atoms with Gasteiger partial charge in [-0.2, -0.15) is 5.26 Å². The summed E-state index contributed by atoms with van der Waals surface area (Å²) in [6, 6.07) is 4.80. The molecule has 0 aromatic carbocycles. The number of rotatable bonds is 4. The Hall–Kier alpha value is -1.80. The highest BCUT2D eigenvalue weighted by atomic mass is 35.5. The third kappa shape index (κ3) is 2.84. The first-order chi connectivity index (χ1) is 7.56. The number of carboxylic acids is 1. The van der Waals surface area contributed by atoms with E-state index in [1.54, 1.807) is 11.9 Å². The summed E-state index contributed by atoms with van der Waals surface area (Å²) in [5.74, 6) is -0.793. The van der Waals surface area contributed by atoms with E-state index in [2.05, 4.69) is 4.98 Å². The van der Waals surface area contributed by atoms with Crippen molar-refractivity contribution >= 4 is 23.4 Å². The number of aromatic carboxylic acids is 1. The van der Waals surface area contributed by atoms with Crippen molar-refractivity contribution in [2.45, 2.75) is 6.42 Å². The summed E-state index contributed by atoms with van der Waals surface area (Å²) in [4.78, 5) is 16.5. The first kappa shape index (κ1) is 12.3. The topological polar surface area (TPSA) is 77.2 Å². The van der Waals surface area contributed by atoms with Crippen LogP contribution in [0.25, 0.3) is 0 Å². The SMILES string of the molecule is CN(CCC#N)c1nc(Cl)ccc1C(=O)O. The molecule has 1 aromatic rings. The van der Waals surface area contributed by atoms with Crippen molar-refractivity contribution in [1.82, 2.24) is 4.98 Å². The molecule has 1 rings (SSSR count). The van der Waals surface area contributed by atoms with Gasteiger partial charge in [-0.05, 0) is 12.1 Å². The van der Waals surface area contributed by atoms with E-state index in [1.807, 2.05) is 6.07 Å². The fraction of sp³-hybridized carbons (Fsp3) is 0.300. The van der Waals surface area contributed by atoms with Crippen molar-refractivity contribution in [3.05, 3.63) is 22.8 Å². The van der Waals surface area contributed by atoms with Gasteiger partial charge in [0.05, 0.1) is 12.5 Å². The Bertz CT molecular complexity index is 442. The minimum absolute atomic E-state index is 0.0739. The number of nitrogens with zero attached hydrogens (tertiary/aromatic N) is 3. The molecule has 0 aliphatic rings. The standard InChI is InChI=1S/C10H10ClN3O2/c1-14(6-2-5-12)9-7(10(15)16)3-4-8(11)13-9/h3-4H,2,6H2,1H3,(H,15,16). The molecule has 0 amide bonds. The number of hydrogen-bond donors (Lipinski definition) is 1. The van der Waals surface area contributed by atoms with Crippen LogP contribution < -0.4 is 4.90 Å². The highest BCUT2D eigenvalue weighted by molar-refractivity contribution is 6.29. The fourth-order valence-corrected chi connectivity index (χ4v) is 1.35. The molecule has 1 N–H and O–H groups in total. The van der Waals surface area contributed by atoms with Crippen LogP contribution >= 0.6 is 11.6 Å². The Morgan fingerprint density at radius 3 is 2.94 bits per heavy atom. The Morgan fingerprint density at radius 2 is 2.38 bits per heavy atom. The van der Waals surface area contributed by atoms with Gasteiger partial charge in [0.25, 0.3) is 0 Å². The minimum atomic E-state index is -1.07. The van der Waals surface area contributed by atoms with Crippen LogP contribution in [0.2, 0.25) is 5.15 Å². The normalized spacial score (nSPS) is 9.56. The zero-order valence-electron chi connectivity index (χ0n) is 8.64. The second-order valence-corrected chi connectivity index (χ2v) is 3.53. The van der Waals surface area contributed by atoms with Crippen molar-refractivity contribution < 1.29 is 9.90 Å². The zero-order valence-corrected chi connectivity index (χ0v) is 9.40. The second-order valence-electron chi connectivity index (χ2n) is 3.14. The molecule has 0 saturated carbocycles. The van der Waals surface area contributed by atoms with Crippen molar-refractivity contribution in [3.8, 4) is 6.07 Å². The van der Waals surface area contributed by atoms with E-state index in [4.69, 9.17) is 22.0 Å². The lowest BCUT2D eigenvalue weighted by Crippen LogP contribution is -2.22. The lowest BCUT2D eigenvalue weighted by Gasteiger charge is -2.18. The molecule has 0 unspecified atom stereocenters. The van der Waals surface area contributed by atoms with Gasteiger partial charge in [-0.15, -0.1) is 0 Å². The molecule has 0 aliphatic carbocycles. The summed E-state index contributed by atoms with van der Waals surface area (Å²) in [6.07, 6.45) is 0.295. The molecule has 0 fully saturated rings. The molecule has 1 aromatic heterocycles. The molecule has 6 heteroatoms. The average molecular weight is 240 g/mol. The Kier molecular flexibility index (Phi) is 4.09. The third-order valence-electron chi connectivity index (χ3n) is 1.99. The van der Waals surface area contributed by atoms with Crippen LogP contribution in [0, 0.1) is 11.3 Å². The highest BCUT2D eigenvalue weighted by Gasteiger charge is 2.15. The van der Waals surface area contributed by atoms with E-state index < -0.39 is 5.97 Å². The van der Waals surface area contributed by atoms with Gasteiger partial charge in [0.15, 0.2) is 0 Å². The molecule has 0 saturated heterocycles. The molecule has 16 heavy (non-hydrogen) atoms. The summed E-state index contributed by atoms with van der Waals surface area (Å²) in [6.45, 7) is 0.407. The first-order valence-electron chi connectivity index (χ1n) is 4.54.